The summed E-state index contributed by atoms with van der Waals surface area (Å²) in [5.74, 6) is 1.09. The van der Waals surface area contributed by atoms with Crippen molar-refractivity contribution in [3.8, 4) is 0 Å². The largest absolute Gasteiger partial charge is 0.271 e. The third-order valence-corrected chi connectivity index (χ3v) is 1.58. The minimum Gasteiger partial charge on any atom is -0.271 e. The van der Waals surface area contributed by atoms with Crippen LogP contribution in [0.1, 0.15) is 19.8 Å². The second-order valence-electron chi connectivity index (χ2n) is 2.26. The van der Waals surface area contributed by atoms with Gasteiger partial charge in [-0.2, -0.15) is 5.10 Å². The van der Waals surface area contributed by atoms with Gasteiger partial charge in [0.25, 0.3) is 0 Å². The average molecular weight is 139 g/mol. The van der Waals surface area contributed by atoms with Gasteiger partial charge in [-0.05, 0) is 13.3 Å². The molecule has 0 amide bonds. The summed E-state index contributed by atoms with van der Waals surface area (Å²) in [5, 5.41) is 5.72. The number of hydrogen-bond acceptors (Lipinski definition) is 2. The molecular formula is C7H13N3. The Labute approximate surface area is 61.4 Å². The molecule has 1 rings (SSSR count). The van der Waals surface area contributed by atoms with E-state index in [1.54, 1.807) is 0 Å². The first-order valence-corrected chi connectivity index (χ1v) is 3.66. The lowest BCUT2D eigenvalue weighted by molar-refractivity contribution is 0.487. The van der Waals surface area contributed by atoms with Gasteiger partial charge in [0.1, 0.15) is 5.84 Å². The molecule has 0 spiro atoms. The van der Waals surface area contributed by atoms with Crippen molar-refractivity contribution in [1.82, 2.24) is 5.01 Å². The molecule has 1 aliphatic rings. The molecule has 56 valence electrons. The lowest BCUT2D eigenvalue weighted by Gasteiger charge is -2.09. The summed E-state index contributed by atoms with van der Waals surface area (Å²) in [6, 6.07) is 0. The molecule has 0 N–H and O–H groups in total. The predicted octanol–water partition coefficient (Wildman–Crippen LogP) is 1.12. The van der Waals surface area contributed by atoms with E-state index in [0.29, 0.717) is 0 Å². The van der Waals surface area contributed by atoms with Crippen LogP contribution < -0.4 is 0 Å². The van der Waals surface area contributed by atoms with Crippen LogP contribution in [-0.2, 0) is 0 Å². The van der Waals surface area contributed by atoms with Crippen LogP contribution in [0.15, 0.2) is 10.1 Å². The Morgan fingerprint density at radius 1 is 1.70 bits per heavy atom. The molecule has 0 radical (unpaired) electrons. The van der Waals surface area contributed by atoms with Crippen molar-refractivity contribution in [2.24, 2.45) is 10.1 Å². The summed E-state index contributed by atoms with van der Waals surface area (Å²) < 4.78 is 0. The molecule has 1 saturated heterocycles. The van der Waals surface area contributed by atoms with E-state index in [2.05, 4.69) is 16.8 Å². The van der Waals surface area contributed by atoms with E-state index in [1.165, 1.54) is 0 Å². The van der Waals surface area contributed by atoms with Gasteiger partial charge >= 0.3 is 0 Å². The van der Waals surface area contributed by atoms with Crippen LogP contribution in [-0.4, -0.2) is 30.7 Å². The smallest absolute Gasteiger partial charge is 0.119 e. The number of aliphatic imine (C=N–C) groups is 1. The molecule has 3 nitrogen and oxygen atoms in total. The summed E-state index contributed by atoms with van der Waals surface area (Å²) in [6.45, 7) is 7.34. The molecule has 1 heterocycles. The highest BCUT2D eigenvalue weighted by Crippen LogP contribution is 2.10. The predicted molar refractivity (Wildman–Crippen MR) is 43.5 cm³/mol. The van der Waals surface area contributed by atoms with Crippen LogP contribution in [0, 0.1) is 0 Å². The Kier molecular flexibility index (Phi) is 2.42. The Bertz CT molecular complexity index is 151. The van der Waals surface area contributed by atoms with Crippen LogP contribution in [0.5, 0.6) is 0 Å². The zero-order valence-corrected chi connectivity index (χ0v) is 6.38. The lowest BCUT2D eigenvalue weighted by Crippen LogP contribution is -2.17. The zero-order valence-electron chi connectivity index (χ0n) is 6.38. The van der Waals surface area contributed by atoms with E-state index in [4.69, 9.17) is 0 Å². The maximum absolute atomic E-state index is 4.28. The van der Waals surface area contributed by atoms with Crippen molar-refractivity contribution in [1.29, 1.82) is 0 Å². The summed E-state index contributed by atoms with van der Waals surface area (Å²) in [5.41, 5.74) is 0. The monoisotopic (exact) mass is 139 g/mol. The Morgan fingerprint density at radius 2 is 2.50 bits per heavy atom. The molecule has 1 aliphatic heterocycles. The van der Waals surface area contributed by atoms with Crippen molar-refractivity contribution in [3.63, 3.8) is 0 Å². The molecule has 0 aromatic heterocycles. The zero-order chi connectivity index (χ0) is 7.40. The molecule has 0 bridgehead atoms. The highest BCUT2D eigenvalue weighted by molar-refractivity contribution is 5.83. The van der Waals surface area contributed by atoms with Crippen molar-refractivity contribution in [3.05, 3.63) is 0 Å². The van der Waals surface area contributed by atoms with E-state index in [0.717, 1.165) is 31.8 Å². The van der Waals surface area contributed by atoms with Crippen LogP contribution >= 0.6 is 0 Å². The van der Waals surface area contributed by atoms with E-state index in [1.807, 2.05) is 11.9 Å². The van der Waals surface area contributed by atoms with Crippen LogP contribution in [0.3, 0.4) is 0 Å². The summed E-state index contributed by atoms with van der Waals surface area (Å²) >= 11 is 0. The maximum atomic E-state index is 4.28. The quantitative estimate of drug-likeness (QED) is 0.527. The van der Waals surface area contributed by atoms with Gasteiger partial charge in [0.2, 0.25) is 0 Å². The minimum absolute atomic E-state index is 0.849. The lowest BCUT2D eigenvalue weighted by atomic mass is 10.4. The Morgan fingerprint density at radius 3 is 3.10 bits per heavy atom. The normalized spacial score (nSPS) is 22.1. The van der Waals surface area contributed by atoms with Gasteiger partial charge in [-0.15, -0.1) is 0 Å². The number of hydrogen-bond donors (Lipinski definition) is 0. The van der Waals surface area contributed by atoms with E-state index in [9.17, 15) is 0 Å². The Balaban J connectivity index is 2.57. The molecule has 0 aromatic carbocycles. The molecule has 0 aliphatic carbocycles. The highest BCUT2D eigenvalue weighted by Gasteiger charge is 2.15. The van der Waals surface area contributed by atoms with Gasteiger partial charge in [0, 0.05) is 26.2 Å². The van der Waals surface area contributed by atoms with Gasteiger partial charge in [-0.1, -0.05) is 0 Å². The maximum Gasteiger partial charge on any atom is 0.119 e. The third-order valence-electron chi connectivity index (χ3n) is 1.58. The fourth-order valence-electron chi connectivity index (χ4n) is 1.14. The van der Waals surface area contributed by atoms with Crippen molar-refractivity contribution < 1.29 is 0 Å². The van der Waals surface area contributed by atoms with Crippen molar-refractivity contribution in [2.45, 2.75) is 19.8 Å². The molecule has 0 unspecified atom stereocenters. The minimum atomic E-state index is 0.849. The number of rotatable bonds is 2. The molecule has 0 saturated carbocycles. The Hall–Kier alpha value is -0.860. The van der Waals surface area contributed by atoms with Crippen molar-refractivity contribution in [2.75, 3.05) is 13.1 Å². The van der Waals surface area contributed by atoms with E-state index >= 15 is 0 Å². The third kappa shape index (κ3) is 1.35. The molecule has 1 fully saturated rings. The van der Waals surface area contributed by atoms with Crippen molar-refractivity contribution >= 4 is 12.6 Å². The van der Waals surface area contributed by atoms with Crippen LogP contribution in [0.25, 0.3) is 0 Å². The summed E-state index contributed by atoms with van der Waals surface area (Å²) in [4.78, 5) is 4.28. The molecule has 10 heavy (non-hydrogen) atoms. The SMILES string of the molecule is C=NN1CCCC1=NCC. The fourth-order valence-corrected chi connectivity index (χ4v) is 1.14. The number of nitrogens with zero attached hydrogens (tertiary/aromatic N) is 3. The fraction of sp³-hybridized carbons (Fsp3) is 0.714. The molecular weight excluding hydrogens is 126 g/mol. The van der Waals surface area contributed by atoms with Gasteiger partial charge in [0.15, 0.2) is 0 Å². The van der Waals surface area contributed by atoms with Crippen LogP contribution in [0.2, 0.25) is 0 Å². The second-order valence-corrected chi connectivity index (χ2v) is 2.26. The molecule has 0 atom stereocenters. The van der Waals surface area contributed by atoms with Gasteiger partial charge < -0.3 is 0 Å². The molecule has 0 aromatic rings. The van der Waals surface area contributed by atoms with Gasteiger partial charge in [0.05, 0.1) is 0 Å². The van der Waals surface area contributed by atoms with E-state index in [-0.39, 0.29) is 0 Å². The van der Waals surface area contributed by atoms with Gasteiger partial charge in [-0.3, -0.25) is 10.0 Å². The first-order valence-electron chi connectivity index (χ1n) is 3.66. The highest BCUT2D eigenvalue weighted by atomic mass is 15.5. The molecule has 3 heteroatoms. The van der Waals surface area contributed by atoms with Crippen LogP contribution in [0.4, 0.5) is 0 Å². The first-order chi connectivity index (χ1) is 4.88. The first kappa shape index (κ1) is 7.25. The van der Waals surface area contributed by atoms with E-state index < -0.39 is 0 Å². The average Bonchev–Trinajstić information content (AvgIpc) is 2.36. The standard InChI is InChI=1S/C7H13N3/c1-3-9-7-5-4-6-10(7)8-2/h2-6H2,1H3. The summed E-state index contributed by atoms with van der Waals surface area (Å²) in [6.07, 6.45) is 2.23. The number of hydrazone groups is 1. The second kappa shape index (κ2) is 3.34. The van der Waals surface area contributed by atoms with Gasteiger partial charge in [-0.25, -0.2) is 0 Å². The number of amidine groups is 1. The summed E-state index contributed by atoms with van der Waals surface area (Å²) in [7, 11) is 0. The topological polar surface area (TPSA) is 28.0 Å².